The monoisotopic (exact) mass is 261 g/mol. The SMILES string of the molecule is CCOC(=O)c1cc(N)c(C(F)F)nc1[N+](=O)[O-]. The quantitative estimate of drug-likeness (QED) is 0.501. The van der Waals surface area contributed by atoms with Crippen LogP contribution in [0.1, 0.15) is 29.4 Å². The Hall–Kier alpha value is -2.32. The van der Waals surface area contributed by atoms with Crippen molar-refractivity contribution in [2.75, 3.05) is 12.3 Å². The van der Waals surface area contributed by atoms with Crippen molar-refractivity contribution in [3.05, 3.63) is 27.4 Å². The van der Waals surface area contributed by atoms with Gasteiger partial charge in [0, 0.05) is 0 Å². The van der Waals surface area contributed by atoms with Gasteiger partial charge in [0.15, 0.2) is 5.56 Å². The van der Waals surface area contributed by atoms with E-state index in [0.29, 0.717) is 0 Å². The number of hydrogen-bond acceptors (Lipinski definition) is 6. The summed E-state index contributed by atoms with van der Waals surface area (Å²) in [6.07, 6.45) is -3.07. The van der Waals surface area contributed by atoms with E-state index in [2.05, 4.69) is 9.72 Å². The van der Waals surface area contributed by atoms with Gasteiger partial charge in [0.05, 0.1) is 12.3 Å². The zero-order valence-electron chi connectivity index (χ0n) is 9.22. The first-order valence-corrected chi connectivity index (χ1v) is 4.78. The molecule has 1 rings (SSSR count). The first-order chi connectivity index (χ1) is 8.38. The maximum absolute atomic E-state index is 12.5. The van der Waals surface area contributed by atoms with Gasteiger partial charge in [0.25, 0.3) is 0 Å². The molecule has 9 heteroatoms. The van der Waals surface area contributed by atoms with Crippen LogP contribution in [0, 0.1) is 10.1 Å². The Morgan fingerprint density at radius 1 is 1.67 bits per heavy atom. The van der Waals surface area contributed by atoms with Crippen molar-refractivity contribution in [2.24, 2.45) is 0 Å². The van der Waals surface area contributed by atoms with Gasteiger partial charge in [-0.3, -0.25) is 0 Å². The van der Waals surface area contributed by atoms with E-state index < -0.39 is 40.1 Å². The lowest BCUT2D eigenvalue weighted by molar-refractivity contribution is -0.390. The number of halogens is 2. The van der Waals surface area contributed by atoms with Crippen LogP contribution in [0.25, 0.3) is 0 Å². The van der Waals surface area contributed by atoms with Crippen LogP contribution in [0.4, 0.5) is 20.3 Å². The minimum Gasteiger partial charge on any atom is -0.462 e. The molecule has 0 aliphatic carbocycles. The fourth-order valence-electron chi connectivity index (χ4n) is 1.21. The fraction of sp³-hybridized carbons (Fsp3) is 0.333. The second-order valence-electron chi connectivity index (χ2n) is 3.11. The third-order valence-electron chi connectivity index (χ3n) is 1.94. The average Bonchev–Trinajstić information content (AvgIpc) is 2.27. The van der Waals surface area contributed by atoms with E-state index in [0.717, 1.165) is 6.07 Å². The molecule has 0 amide bonds. The predicted molar refractivity (Wildman–Crippen MR) is 56.2 cm³/mol. The Morgan fingerprint density at radius 2 is 2.28 bits per heavy atom. The Labute approximate surface area is 99.7 Å². The molecule has 0 unspecified atom stereocenters. The minimum absolute atomic E-state index is 0.0213. The van der Waals surface area contributed by atoms with Gasteiger partial charge < -0.3 is 20.6 Å². The first kappa shape index (κ1) is 13.7. The summed E-state index contributed by atoms with van der Waals surface area (Å²) in [7, 11) is 0. The van der Waals surface area contributed by atoms with Crippen LogP contribution in [-0.2, 0) is 4.74 Å². The molecule has 1 aromatic rings. The number of ether oxygens (including phenoxy) is 1. The minimum atomic E-state index is -3.07. The molecular formula is C9H9F2N3O4. The molecule has 0 aliphatic heterocycles. The van der Waals surface area contributed by atoms with E-state index >= 15 is 0 Å². The van der Waals surface area contributed by atoms with Crippen molar-refractivity contribution in [1.82, 2.24) is 4.98 Å². The van der Waals surface area contributed by atoms with Gasteiger partial charge in [0.1, 0.15) is 0 Å². The average molecular weight is 261 g/mol. The molecule has 0 aliphatic rings. The van der Waals surface area contributed by atoms with Crippen molar-refractivity contribution in [3.63, 3.8) is 0 Å². The topological polar surface area (TPSA) is 108 Å². The third-order valence-corrected chi connectivity index (χ3v) is 1.94. The number of nitrogens with zero attached hydrogens (tertiary/aromatic N) is 2. The molecule has 0 bridgehead atoms. The van der Waals surface area contributed by atoms with Gasteiger partial charge in [-0.15, -0.1) is 0 Å². The molecule has 1 heterocycles. The maximum Gasteiger partial charge on any atom is 0.378 e. The number of anilines is 1. The van der Waals surface area contributed by atoms with E-state index in [1.807, 2.05) is 0 Å². The number of hydrogen-bond donors (Lipinski definition) is 1. The Morgan fingerprint density at radius 3 is 2.72 bits per heavy atom. The number of carbonyl (C=O) groups is 1. The van der Waals surface area contributed by atoms with Crippen LogP contribution in [0.3, 0.4) is 0 Å². The molecule has 1 aromatic heterocycles. The van der Waals surface area contributed by atoms with E-state index in [-0.39, 0.29) is 6.61 Å². The molecule has 0 saturated heterocycles. The highest BCUT2D eigenvalue weighted by Crippen LogP contribution is 2.28. The van der Waals surface area contributed by atoms with Gasteiger partial charge in [-0.2, -0.15) is 0 Å². The Kier molecular flexibility index (Phi) is 4.08. The second-order valence-corrected chi connectivity index (χ2v) is 3.11. The van der Waals surface area contributed by atoms with Crippen LogP contribution < -0.4 is 5.73 Å². The zero-order valence-corrected chi connectivity index (χ0v) is 9.22. The number of nitrogen functional groups attached to an aromatic ring is 1. The first-order valence-electron chi connectivity index (χ1n) is 4.78. The van der Waals surface area contributed by atoms with Crippen LogP contribution in [0.5, 0.6) is 0 Å². The van der Waals surface area contributed by atoms with E-state index in [9.17, 15) is 23.7 Å². The lowest BCUT2D eigenvalue weighted by Crippen LogP contribution is -2.12. The summed E-state index contributed by atoms with van der Waals surface area (Å²) in [6, 6.07) is 0.768. The molecule has 98 valence electrons. The predicted octanol–water partition coefficient (Wildman–Crippen LogP) is 1.69. The number of nitro groups is 1. The van der Waals surface area contributed by atoms with Crippen molar-refractivity contribution in [3.8, 4) is 0 Å². The Balaban J connectivity index is 3.38. The molecule has 0 fully saturated rings. The number of rotatable bonds is 4. The molecule has 0 saturated carbocycles. The van der Waals surface area contributed by atoms with Crippen LogP contribution >= 0.6 is 0 Å². The highest BCUT2D eigenvalue weighted by Gasteiger charge is 2.30. The molecule has 2 N–H and O–H groups in total. The third kappa shape index (κ3) is 2.67. The van der Waals surface area contributed by atoms with Gasteiger partial charge in [-0.05, 0) is 22.9 Å². The van der Waals surface area contributed by atoms with Crippen molar-refractivity contribution in [2.45, 2.75) is 13.3 Å². The van der Waals surface area contributed by atoms with Gasteiger partial charge in [-0.25, -0.2) is 13.6 Å². The molecule has 18 heavy (non-hydrogen) atoms. The molecule has 0 atom stereocenters. The summed E-state index contributed by atoms with van der Waals surface area (Å²) >= 11 is 0. The van der Waals surface area contributed by atoms with Crippen LogP contribution in [-0.4, -0.2) is 22.5 Å². The highest BCUT2D eigenvalue weighted by molar-refractivity contribution is 5.94. The number of aromatic nitrogens is 1. The summed E-state index contributed by atoms with van der Waals surface area (Å²) in [5, 5.41) is 10.7. The number of alkyl halides is 2. The molecule has 7 nitrogen and oxygen atoms in total. The summed E-state index contributed by atoms with van der Waals surface area (Å²) in [6.45, 7) is 1.47. The molecule has 0 spiro atoms. The van der Waals surface area contributed by atoms with Crippen LogP contribution in [0.15, 0.2) is 6.07 Å². The summed E-state index contributed by atoms with van der Waals surface area (Å²) in [5.41, 5.74) is 3.26. The van der Waals surface area contributed by atoms with Gasteiger partial charge >= 0.3 is 18.2 Å². The standard InChI is InChI=1S/C9H9F2N3O4/c1-2-18-9(15)4-3-5(12)6(7(10)11)13-8(4)14(16)17/h3,7H,2,12H2,1H3. The van der Waals surface area contributed by atoms with E-state index in [1.165, 1.54) is 6.92 Å². The maximum atomic E-state index is 12.5. The zero-order chi connectivity index (χ0) is 13.9. The molecule has 0 aromatic carbocycles. The van der Waals surface area contributed by atoms with Gasteiger partial charge in [0.2, 0.25) is 5.69 Å². The lowest BCUT2D eigenvalue weighted by atomic mass is 10.2. The largest absolute Gasteiger partial charge is 0.462 e. The van der Waals surface area contributed by atoms with Crippen LogP contribution in [0.2, 0.25) is 0 Å². The fourth-order valence-corrected chi connectivity index (χ4v) is 1.21. The van der Waals surface area contributed by atoms with Crippen molar-refractivity contribution in [1.29, 1.82) is 0 Å². The Bertz CT molecular complexity index is 493. The second kappa shape index (κ2) is 5.34. The number of carbonyl (C=O) groups excluding carboxylic acids is 1. The summed E-state index contributed by atoms with van der Waals surface area (Å²) < 4.78 is 29.5. The smallest absolute Gasteiger partial charge is 0.378 e. The van der Waals surface area contributed by atoms with E-state index in [1.54, 1.807) is 0 Å². The number of pyridine rings is 1. The molecule has 0 radical (unpaired) electrons. The van der Waals surface area contributed by atoms with Gasteiger partial charge in [-0.1, -0.05) is 0 Å². The normalized spacial score (nSPS) is 10.4. The molecular weight excluding hydrogens is 252 g/mol. The van der Waals surface area contributed by atoms with Crippen molar-refractivity contribution < 1.29 is 23.2 Å². The van der Waals surface area contributed by atoms with Crippen molar-refractivity contribution >= 4 is 17.5 Å². The summed E-state index contributed by atoms with van der Waals surface area (Å²) in [5.74, 6) is -2.04. The highest BCUT2D eigenvalue weighted by atomic mass is 19.3. The number of nitrogens with two attached hydrogens (primary N) is 1. The lowest BCUT2D eigenvalue weighted by Gasteiger charge is -2.05. The number of esters is 1. The van der Waals surface area contributed by atoms with E-state index in [4.69, 9.17) is 5.73 Å². The summed E-state index contributed by atoms with van der Waals surface area (Å²) in [4.78, 5) is 24.1.